The Labute approximate surface area is 201 Å². The third kappa shape index (κ3) is 6.47. The van der Waals surface area contributed by atoms with Crippen molar-refractivity contribution >= 4 is 35.6 Å². The lowest BCUT2D eigenvalue weighted by Crippen LogP contribution is -2.44. The summed E-state index contributed by atoms with van der Waals surface area (Å²) >= 11 is 0. The van der Waals surface area contributed by atoms with Gasteiger partial charge in [-0.05, 0) is 17.7 Å². The van der Waals surface area contributed by atoms with E-state index in [9.17, 15) is 0 Å². The molecule has 0 bridgehead atoms. The molecule has 2 N–H and O–H groups in total. The third-order valence-electron chi connectivity index (χ3n) is 5.37. The fourth-order valence-electron chi connectivity index (χ4n) is 3.77. The molecule has 0 amide bonds. The maximum atomic E-state index is 5.80. The van der Waals surface area contributed by atoms with Crippen LogP contribution in [0.1, 0.15) is 18.0 Å². The zero-order chi connectivity index (χ0) is 20.6. The molecule has 31 heavy (non-hydrogen) atoms. The van der Waals surface area contributed by atoms with Crippen molar-refractivity contribution in [1.82, 2.24) is 10.2 Å². The van der Waals surface area contributed by atoms with Crippen LogP contribution < -0.4 is 20.1 Å². The van der Waals surface area contributed by atoms with Gasteiger partial charge in [0.05, 0.1) is 32.5 Å². The van der Waals surface area contributed by atoms with Gasteiger partial charge in [-0.1, -0.05) is 30.3 Å². The van der Waals surface area contributed by atoms with E-state index in [1.165, 1.54) is 5.56 Å². The molecule has 0 aliphatic carbocycles. The number of rotatable bonds is 5. The minimum absolute atomic E-state index is 0. The van der Waals surface area contributed by atoms with Gasteiger partial charge in [0.1, 0.15) is 0 Å². The molecule has 168 valence electrons. The van der Waals surface area contributed by atoms with Crippen LogP contribution in [0.3, 0.4) is 0 Å². The molecule has 2 aromatic carbocycles. The van der Waals surface area contributed by atoms with Gasteiger partial charge in [-0.3, -0.25) is 9.89 Å². The summed E-state index contributed by atoms with van der Waals surface area (Å²) in [7, 11) is 1.78. The SMILES string of the molecule is CN=C(NCC(c1ccccc1)N1CCOCC1)Nc1ccc2c(c1)OCCCO2.I. The summed E-state index contributed by atoms with van der Waals surface area (Å²) in [6.07, 6.45) is 0.892. The van der Waals surface area contributed by atoms with Crippen LogP contribution in [0.15, 0.2) is 53.5 Å². The molecule has 1 atom stereocenters. The van der Waals surface area contributed by atoms with Gasteiger partial charge in [-0.2, -0.15) is 0 Å². The normalized spacial score (nSPS) is 17.8. The fraction of sp³-hybridized carbons (Fsp3) is 0.435. The van der Waals surface area contributed by atoms with Crippen molar-refractivity contribution < 1.29 is 14.2 Å². The van der Waals surface area contributed by atoms with E-state index in [0.29, 0.717) is 13.2 Å². The highest BCUT2D eigenvalue weighted by Crippen LogP contribution is 2.32. The van der Waals surface area contributed by atoms with Crippen molar-refractivity contribution in [3.63, 3.8) is 0 Å². The van der Waals surface area contributed by atoms with Crippen LogP contribution in [0.2, 0.25) is 0 Å². The molecule has 0 spiro atoms. The van der Waals surface area contributed by atoms with Crippen LogP contribution in [0, 0.1) is 0 Å². The van der Waals surface area contributed by atoms with Crippen LogP contribution in [0.4, 0.5) is 5.69 Å². The van der Waals surface area contributed by atoms with Crippen LogP contribution >= 0.6 is 24.0 Å². The maximum Gasteiger partial charge on any atom is 0.195 e. The first-order valence-corrected chi connectivity index (χ1v) is 10.6. The Morgan fingerprint density at radius 3 is 2.48 bits per heavy atom. The number of ether oxygens (including phenoxy) is 3. The summed E-state index contributed by atoms with van der Waals surface area (Å²) in [4.78, 5) is 6.87. The molecule has 1 fully saturated rings. The number of guanidine groups is 1. The van der Waals surface area contributed by atoms with Gasteiger partial charge in [0.25, 0.3) is 0 Å². The average molecular weight is 538 g/mol. The number of nitrogens with one attached hydrogen (secondary N) is 2. The highest BCUT2D eigenvalue weighted by atomic mass is 127. The highest BCUT2D eigenvalue weighted by molar-refractivity contribution is 14.0. The van der Waals surface area contributed by atoms with Gasteiger partial charge >= 0.3 is 0 Å². The topological polar surface area (TPSA) is 67.4 Å². The zero-order valence-electron chi connectivity index (χ0n) is 17.9. The molecule has 0 radical (unpaired) electrons. The Balaban J connectivity index is 0.00000272. The first-order chi connectivity index (χ1) is 14.8. The highest BCUT2D eigenvalue weighted by Gasteiger charge is 2.23. The molecule has 2 heterocycles. The van der Waals surface area contributed by atoms with Gasteiger partial charge in [-0.25, -0.2) is 0 Å². The molecule has 2 aliphatic rings. The van der Waals surface area contributed by atoms with E-state index >= 15 is 0 Å². The Morgan fingerprint density at radius 1 is 1.00 bits per heavy atom. The molecule has 1 saturated heterocycles. The van der Waals surface area contributed by atoms with Gasteiger partial charge in [-0.15, -0.1) is 24.0 Å². The molecule has 4 rings (SSSR count). The summed E-state index contributed by atoms with van der Waals surface area (Å²) < 4.78 is 17.1. The van der Waals surface area contributed by atoms with Crippen molar-refractivity contribution in [2.75, 3.05) is 58.4 Å². The number of anilines is 1. The summed E-state index contributed by atoms with van der Waals surface area (Å²) in [5.74, 6) is 2.28. The van der Waals surface area contributed by atoms with E-state index < -0.39 is 0 Å². The summed E-state index contributed by atoms with van der Waals surface area (Å²) in [6, 6.07) is 16.7. The smallest absolute Gasteiger partial charge is 0.195 e. The van der Waals surface area contributed by atoms with Crippen LogP contribution in [-0.2, 0) is 4.74 Å². The lowest BCUT2D eigenvalue weighted by molar-refractivity contribution is 0.0170. The molecular formula is C23H31IN4O3. The molecule has 0 aromatic heterocycles. The predicted molar refractivity (Wildman–Crippen MR) is 134 cm³/mol. The second-order valence-electron chi connectivity index (χ2n) is 7.36. The summed E-state index contributed by atoms with van der Waals surface area (Å²) in [5, 5.41) is 6.86. The quantitative estimate of drug-likeness (QED) is 0.345. The number of benzene rings is 2. The van der Waals surface area contributed by atoms with Crippen molar-refractivity contribution in [2.24, 2.45) is 4.99 Å². The Hall–Kier alpha value is -2.04. The second-order valence-corrected chi connectivity index (χ2v) is 7.36. The summed E-state index contributed by atoms with van der Waals surface area (Å²) in [6.45, 7) is 5.49. The second kappa shape index (κ2) is 12.1. The molecule has 0 saturated carbocycles. The number of nitrogens with zero attached hydrogens (tertiary/aromatic N) is 2. The molecule has 7 nitrogen and oxygen atoms in total. The largest absolute Gasteiger partial charge is 0.490 e. The minimum Gasteiger partial charge on any atom is -0.490 e. The minimum atomic E-state index is 0. The molecule has 8 heteroatoms. The first-order valence-electron chi connectivity index (χ1n) is 10.6. The van der Waals surface area contributed by atoms with Gasteiger partial charge in [0.2, 0.25) is 0 Å². The average Bonchev–Trinajstić information content (AvgIpc) is 3.05. The van der Waals surface area contributed by atoms with Crippen molar-refractivity contribution in [1.29, 1.82) is 0 Å². The van der Waals surface area contributed by atoms with Crippen molar-refractivity contribution in [3.05, 3.63) is 54.1 Å². The monoisotopic (exact) mass is 538 g/mol. The number of fused-ring (bicyclic) bond motifs is 1. The van der Waals surface area contributed by atoms with E-state index in [2.05, 4.69) is 50.9 Å². The number of hydrogen-bond donors (Lipinski definition) is 2. The maximum absolute atomic E-state index is 5.80. The predicted octanol–water partition coefficient (Wildman–Crippen LogP) is 3.53. The molecule has 2 aliphatic heterocycles. The van der Waals surface area contributed by atoms with E-state index in [1.54, 1.807) is 7.05 Å². The number of halogens is 1. The van der Waals surface area contributed by atoms with E-state index in [4.69, 9.17) is 14.2 Å². The van der Waals surface area contributed by atoms with Gasteiger partial charge < -0.3 is 24.8 Å². The first kappa shape index (κ1) is 23.6. The Kier molecular flexibility index (Phi) is 9.23. The Bertz CT molecular complexity index is 844. The lowest BCUT2D eigenvalue weighted by Gasteiger charge is -2.35. The number of hydrogen-bond acceptors (Lipinski definition) is 5. The fourth-order valence-corrected chi connectivity index (χ4v) is 3.77. The number of aliphatic imine (C=N–C) groups is 1. The van der Waals surface area contributed by atoms with E-state index in [1.807, 2.05) is 18.2 Å². The Morgan fingerprint density at radius 2 is 1.74 bits per heavy atom. The van der Waals surface area contributed by atoms with Crippen LogP contribution in [0.5, 0.6) is 11.5 Å². The number of morpholine rings is 1. The van der Waals surface area contributed by atoms with Gasteiger partial charge in [0, 0.05) is 44.9 Å². The molecule has 2 aromatic rings. The third-order valence-corrected chi connectivity index (χ3v) is 5.37. The van der Waals surface area contributed by atoms with E-state index in [0.717, 1.165) is 62.4 Å². The van der Waals surface area contributed by atoms with Crippen molar-refractivity contribution in [3.8, 4) is 11.5 Å². The van der Waals surface area contributed by atoms with Crippen LogP contribution in [0.25, 0.3) is 0 Å². The molecular weight excluding hydrogens is 507 g/mol. The van der Waals surface area contributed by atoms with Crippen molar-refractivity contribution in [2.45, 2.75) is 12.5 Å². The summed E-state index contributed by atoms with van der Waals surface area (Å²) in [5.41, 5.74) is 2.20. The van der Waals surface area contributed by atoms with Crippen LogP contribution in [-0.4, -0.2) is 64.0 Å². The van der Waals surface area contributed by atoms with E-state index in [-0.39, 0.29) is 30.0 Å². The van der Waals surface area contributed by atoms with Gasteiger partial charge in [0.15, 0.2) is 17.5 Å². The standard InChI is InChI=1S/C23H30N4O3.HI/c1-24-23(26-19-8-9-21-22(16-19)30-13-5-12-29-21)25-17-20(18-6-3-2-4-7-18)27-10-14-28-15-11-27;/h2-4,6-9,16,20H,5,10-15,17H2,1H3,(H2,24,25,26);1H. The zero-order valence-corrected chi connectivity index (χ0v) is 20.2. The molecule has 1 unspecified atom stereocenters. The lowest BCUT2D eigenvalue weighted by atomic mass is 10.0.